The Morgan fingerprint density at radius 3 is 2.33 bits per heavy atom. The average molecular weight is 826 g/mol. The SMILES string of the molecule is C[C@H]1CC/C=C\[C@@H]2C[C@@]2(C(=O)NS(=O)(=O)C2CC2)CC(=O)[C@@H]2C[C@@H](Oc3nc4ccccc4c4ccccc34)CN2C(=O)[C@@H](CC(=O)OC(C)(C)C(F)(F)F)[C@H](C)C1. The number of benzene rings is 2. The van der Waals surface area contributed by atoms with Gasteiger partial charge in [-0.05, 0) is 87.6 Å². The summed E-state index contributed by atoms with van der Waals surface area (Å²) in [6.45, 7) is 5.14. The van der Waals surface area contributed by atoms with Crippen LogP contribution in [0.4, 0.5) is 13.2 Å². The third kappa shape index (κ3) is 8.46. The predicted molar refractivity (Wildman–Crippen MR) is 210 cm³/mol. The van der Waals surface area contributed by atoms with Crippen molar-refractivity contribution >= 4 is 55.3 Å². The van der Waals surface area contributed by atoms with Crippen molar-refractivity contribution in [3.05, 3.63) is 60.7 Å². The molecule has 7 rings (SSSR count). The highest BCUT2D eigenvalue weighted by Gasteiger charge is 2.62. The molecule has 1 aromatic heterocycles. The number of Topliss-reactive ketones (excluding diaryl/α,β-unsaturated/α-hetero) is 1. The number of rotatable bonds is 8. The lowest BCUT2D eigenvalue weighted by Crippen LogP contribution is -2.48. The zero-order valence-corrected chi connectivity index (χ0v) is 33.9. The summed E-state index contributed by atoms with van der Waals surface area (Å²) in [4.78, 5) is 62.8. The predicted octanol–water partition coefficient (Wildman–Crippen LogP) is 7.21. The Morgan fingerprint density at radius 2 is 1.64 bits per heavy atom. The highest BCUT2D eigenvalue weighted by molar-refractivity contribution is 7.90. The molecule has 0 bridgehead atoms. The first-order chi connectivity index (χ1) is 27.3. The molecule has 0 spiro atoms. The molecule has 1 N–H and O–H groups in total. The van der Waals surface area contributed by atoms with Crippen molar-refractivity contribution in [2.45, 2.75) is 115 Å². The van der Waals surface area contributed by atoms with Gasteiger partial charge in [-0.1, -0.05) is 62.4 Å². The van der Waals surface area contributed by atoms with Crippen molar-refractivity contribution in [2.75, 3.05) is 6.54 Å². The van der Waals surface area contributed by atoms with Gasteiger partial charge < -0.3 is 14.4 Å². The van der Waals surface area contributed by atoms with E-state index in [1.165, 1.54) is 4.90 Å². The molecule has 2 aromatic carbocycles. The number of alkyl halides is 3. The fraction of sp³-hybridized carbons (Fsp3) is 0.558. The molecular weight excluding hydrogens is 776 g/mol. The summed E-state index contributed by atoms with van der Waals surface area (Å²) in [6, 6.07) is 13.9. The van der Waals surface area contributed by atoms with Crippen LogP contribution in [0.15, 0.2) is 60.7 Å². The Morgan fingerprint density at radius 1 is 0.966 bits per heavy atom. The van der Waals surface area contributed by atoms with Gasteiger partial charge in [0.2, 0.25) is 33.3 Å². The maximum absolute atomic E-state index is 14.9. The van der Waals surface area contributed by atoms with E-state index in [1.54, 1.807) is 6.92 Å². The lowest BCUT2D eigenvalue weighted by Gasteiger charge is -2.33. The minimum absolute atomic E-state index is 0.00492. The van der Waals surface area contributed by atoms with Crippen LogP contribution in [-0.4, -0.2) is 77.6 Å². The van der Waals surface area contributed by atoms with Crippen molar-refractivity contribution in [1.29, 1.82) is 0 Å². The van der Waals surface area contributed by atoms with Crippen LogP contribution in [-0.2, 0) is 33.9 Å². The van der Waals surface area contributed by atoms with Gasteiger partial charge in [0.15, 0.2) is 5.78 Å². The number of aromatic nitrogens is 1. The van der Waals surface area contributed by atoms with Gasteiger partial charge >= 0.3 is 12.1 Å². The molecule has 3 aromatic rings. The number of nitrogens with zero attached hydrogens (tertiary/aromatic N) is 2. The van der Waals surface area contributed by atoms with Crippen molar-refractivity contribution in [2.24, 2.45) is 29.1 Å². The van der Waals surface area contributed by atoms with Crippen molar-refractivity contribution in [3.8, 4) is 5.88 Å². The summed E-state index contributed by atoms with van der Waals surface area (Å²) < 4.78 is 81.0. The second kappa shape index (κ2) is 15.6. The fourth-order valence-corrected chi connectivity index (χ4v) is 10.1. The molecule has 7 atom stereocenters. The number of hydrogen-bond acceptors (Lipinski definition) is 9. The number of allylic oxidation sites excluding steroid dienone is 2. The summed E-state index contributed by atoms with van der Waals surface area (Å²) in [7, 11) is -3.93. The lowest BCUT2D eigenvalue weighted by atomic mass is 9.82. The molecule has 2 saturated carbocycles. The molecule has 2 aliphatic heterocycles. The van der Waals surface area contributed by atoms with Crippen molar-refractivity contribution < 1.29 is 50.2 Å². The van der Waals surface area contributed by atoms with E-state index < -0.39 is 92.4 Å². The Labute approximate surface area is 336 Å². The Balaban J connectivity index is 1.24. The van der Waals surface area contributed by atoms with Gasteiger partial charge in [-0.3, -0.25) is 23.9 Å². The van der Waals surface area contributed by atoms with Gasteiger partial charge in [-0.25, -0.2) is 13.4 Å². The first-order valence-electron chi connectivity index (χ1n) is 20.1. The Bertz CT molecular complexity index is 2260. The monoisotopic (exact) mass is 825 g/mol. The zero-order valence-electron chi connectivity index (χ0n) is 33.1. The molecule has 4 aliphatic rings. The van der Waals surface area contributed by atoms with Crippen LogP contribution in [0.25, 0.3) is 21.7 Å². The van der Waals surface area contributed by atoms with Crippen LogP contribution in [0.2, 0.25) is 0 Å². The third-order valence-electron chi connectivity index (χ3n) is 12.5. The van der Waals surface area contributed by atoms with Gasteiger partial charge in [0.1, 0.15) is 6.10 Å². The number of hydrogen-bond donors (Lipinski definition) is 1. The van der Waals surface area contributed by atoms with E-state index in [0.29, 0.717) is 43.0 Å². The number of carbonyl (C=O) groups is 4. The number of esters is 1. The number of fused-ring (bicyclic) bond motifs is 5. The quantitative estimate of drug-likeness (QED) is 0.141. The van der Waals surface area contributed by atoms with E-state index in [2.05, 4.69) is 4.72 Å². The number of para-hydroxylation sites is 1. The van der Waals surface area contributed by atoms with Crippen LogP contribution < -0.4 is 9.46 Å². The first kappa shape index (κ1) is 41.6. The van der Waals surface area contributed by atoms with Crippen LogP contribution >= 0.6 is 0 Å². The highest BCUT2D eigenvalue weighted by atomic mass is 32.2. The van der Waals surface area contributed by atoms with Crippen LogP contribution in [0.1, 0.15) is 85.5 Å². The number of amides is 2. The number of ketones is 1. The van der Waals surface area contributed by atoms with Gasteiger partial charge in [-0.15, -0.1) is 0 Å². The van der Waals surface area contributed by atoms with E-state index >= 15 is 0 Å². The summed E-state index contributed by atoms with van der Waals surface area (Å²) in [5.41, 5.74) is -3.49. The van der Waals surface area contributed by atoms with Gasteiger partial charge in [0, 0.05) is 23.6 Å². The Hall–Kier alpha value is -4.53. The molecule has 3 heterocycles. The largest absolute Gasteiger partial charge is 0.472 e. The number of ether oxygens (including phenoxy) is 2. The number of carbonyl (C=O) groups excluding carboxylic acids is 4. The minimum atomic E-state index is -4.86. The maximum atomic E-state index is 14.9. The first-order valence-corrected chi connectivity index (χ1v) is 21.6. The van der Waals surface area contributed by atoms with E-state index in [4.69, 9.17) is 14.5 Å². The number of sulfonamides is 1. The number of pyridine rings is 1. The molecule has 11 nitrogen and oxygen atoms in total. The van der Waals surface area contributed by atoms with E-state index in [9.17, 15) is 40.8 Å². The maximum Gasteiger partial charge on any atom is 0.427 e. The van der Waals surface area contributed by atoms with Crippen LogP contribution in [0.5, 0.6) is 5.88 Å². The molecule has 2 aliphatic carbocycles. The van der Waals surface area contributed by atoms with Crippen molar-refractivity contribution in [3.63, 3.8) is 0 Å². The highest BCUT2D eigenvalue weighted by Crippen LogP contribution is 2.57. The topological polar surface area (TPSA) is 149 Å². The van der Waals surface area contributed by atoms with Gasteiger partial charge in [0.05, 0.1) is 41.1 Å². The van der Waals surface area contributed by atoms with E-state index in [0.717, 1.165) is 24.6 Å². The van der Waals surface area contributed by atoms with Gasteiger partial charge in [0.25, 0.3) is 0 Å². The van der Waals surface area contributed by atoms with Crippen LogP contribution in [0, 0.1) is 29.1 Å². The Kier molecular flexibility index (Phi) is 11.2. The summed E-state index contributed by atoms with van der Waals surface area (Å²) in [5.74, 6) is -4.80. The van der Waals surface area contributed by atoms with Crippen molar-refractivity contribution in [1.82, 2.24) is 14.6 Å². The number of nitrogens with one attached hydrogen (secondary N) is 1. The molecule has 58 heavy (non-hydrogen) atoms. The molecular formula is C43H50F3N3O8S. The molecule has 312 valence electrons. The molecule has 3 fully saturated rings. The molecule has 0 radical (unpaired) electrons. The summed E-state index contributed by atoms with van der Waals surface area (Å²) in [6.07, 6.45) is -0.0167. The fourth-order valence-electron chi connectivity index (χ4n) is 8.67. The second-order valence-corrected chi connectivity index (χ2v) is 19.3. The average Bonchev–Trinajstić information content (AvgIpc) is 4.08. The second-order valence-electron chi connectivity index (χ2n) is 17.4. The molecule has 0 unspecified atom stereocenters. The minimum Gasteiger partial charge on any atom is -0.472 e. The molecule has 15 heteroatoms. The molecule has 2 amide bonds. The standard InChI is InChI=1S/C43H50F3N3O8S/c1-25-11-5-6-12-27-22-42(27,40(53)48-58(54,55)29-17-18-29)23-36(50)35-20-28(56-38-32-15-8-7-13-30(32)31-14-9-10-16-34(31)47-38)24-49(35)39(52)33(26(2)19-25)21-37(51)57-41(3,4)43(44,45)46/h6-10,12-16,25-29,33,35H,5,11,17-24H2,1-4H3,(H,48,53)/b12-6-/t25-,26+,27+,28+,33-,35-,42+/m0/s1. The normalized spacial score (nSPS) is 29.2. The summed E-state index contributed by atoms with van der Waals surface area (Å²) >= 11 is 0. The third-order valence-corrected chi connectivity index (χ3v) is 14.3. The van der Waals surface area contributed by atoms with Crippen LogP contribution in [0.3, 0.4) is 0 Å². The van der Waals surface area contributed by atoms with Gasteiger partial charge in [-0.2, -0.15) is 13.2 Å². The number of halogens is 3. The van der Waals surface area contributed by atoms with E-state index in [-0.39, 0.29) is 37.6 Å². The zero-order chi connectivity index (χ0) is 41.8. The smallest absolute Gasteiger partial charge is 0.427 e. The van der Waals surface area contributed by atoms with E-state index in [1.807, 2.05) is 67.6 Å². The lowest BCUT2D eigenvalue weighted by molar-refractivity contribution is -0.257. The summed E-state index contributed by atoms with van der Waals surface area (Å²) in [5, 5.41) is 1.84. The molecule has 1 saturated heterocycles.